The molecule has 0 unspecified atom stereocenters. The van der Waals surface area contributed by atoms with Gasteiger partial charge in [0.05, 0.1) is 0 Å². The molecule has 0 saturated carbocycles. The lowest BCUT2D eigenvalue weighted by atomic mass is 10.4. The number of carbonyl (C=O) groups excluding carboxylic acids is 1. The molecule has 0 radical (unpaired) electrons. The summed E-state index contributed by atoms with van der Waals surface area (Å²) >= 11 is 0. The molecule has 94 valence electrons. The molecule has 1 rings (SSSR count). The second-order valence-electron chi connectivity index (χ2n) is 3.70. The van der Waals surface area contributed by atoms with Crippen LogP contribution in [0.4, 0.5) is 0 Å². The first kappa shape index (κ1) is 13.2. The molecule has 1 aromatic heterocycles. The van der Waals surface area contributed by atoms with Crippen LogP contribution in [0.15, 0.2) is 21.9 Å². The van der Waals surface area contributed by atoms with Gasteiger partial charge in [0.15, 0.2) is 0 Å². The average molecular weight is 239 g/mol. The SMILES string of the molecule is CCCn1ccc(=O)n(CCC(=O)NC)c1=O. The molecule has 1 amide bonds. The van der Waals surface area contributed by atoms with Crippen LogP contribution >= 0.6 is 0 Å². The Morgan fingerprint density at radius 2 is 2.06 bits per heavy atom. The summed E-state index contributed by atoms with van der Waals surface area (Å²) in [5.74, 6) is -0.192. The number of aromatic nitrogens is 2. The predicted octanol–water partition coefficient (Wildman–Crippen LogP) is -0.444. The molecule has 0 aromatic carbocycles. The van der Waals surface area contributed by atoms with Crippen molar-refractivity contribution in [1.82, 2.24) is 14.5 Å². The number of carbonyl (C=O) groups is 1. The molecule has 1 heterocycles. The highest BCUT2D eigenvalue weighted by atomic mass is 16.2. The van der Waals surface area contributed by atoms with Crippen molar-refractivity contribution in [1.29, 1.82) is 0 Å². The molecule has 0 aliphatic heterocycles. The standard InChI is InChI=1S/C11H17N3O3/c1-3-6-13-7-5-10(16)14(11(13)17)8-4-9(15)12-2/h5,7H,3-4,6,8H2,1-2H3,(H,12,15). The Hall–Kier alpha value is -1.85. The fraction of sp³-hybridized carbons (Fsp3) is 0.545. The van der Waals surface area contributed by atoms with Crippen molar-refractivity contribution >= 4 is 5.91 Å². The monoisotopic (exact) mass is 239 g/mol. The Morgan fingerprint density at radius 3 is 2.65 bits per heavy atom. The maximum atomic E-state index is 11.9. The van der Waals surface area contributed by atoms with E-state index in [1.54, 1.807) is 0 Å². The Labute approximate surface area is 98.9 Å². The van der Waals surface area contributed by atoms with Crippen molar-refractivity contribution in [3.05, 3.63) is 33.1 Å². The summed E-state index contributed by atoms with van der Waals surface area (Å²) < 4.78 is 2.57. The highest BCUT2D eigenvalue weighted by Gasteiger charge is 2.06. The lowest BCUT2D eigenvalue weighted by Crippen LogP contribution is -2.39. The fourth-order valence-electron chi connectivity index (χ4n) is 1.51. The zero-order valence-electron chi connectivity index (χ0n) is 10.1. The van der Waals surface area contributed by atoms with E-state index in [0.29, 0.717) is 6.54 Å². The van der Waals surface area contributed by atoms with Crippen LogP contribution in [0, 0.1) is 0 Å². The van der Waals surface area contributed by atoms with Crippen molar-refractivity contribution in [3.63, 3.8) is 0 Å². The maximum Gasteiger partial charge on any atom is 0.330 e. The first-order chi connectivity index (χ1) is 8.10. The van der Waals surface area contributed by atoms with Crippen molar-refractivity contribution < 1.29 is 4.79 Å². The zero-order chi connectivity index (χ0) is 12.8. The first-order valence-corrected chi connectivity index (χ1v) is 5.61. The van der Waals surface area contributed by atoms with Gasteiger partial charge in [-0.05, 0) is 6.42 Å². The molecule has 0 atom stereocenters. The summed E-state index contributed by atoms with van der Waals surface area (Å²) in [4.78, 5) is 34.5. The molecule has 0 aliphatic carbocycles. The van der Waals surface area contributed by atoms with Crippen LogP contribution in [0.2, 0.25) is 0 Å². The van der Waals surface area contributed by atoms with Gasteiger partial charge in [-0.25, -0.2) is 4.79 Å². The molecule has 6 heteroatoms. The van der Waals surface area contributed by atoms with E-state index in [9.17, 15) is 14.4 Å². The summed E-state index contributed by atoms with van der Waals surface area (Å²) in [5.41, 5.74) is -0.727. The molecule has 17 heavy (non-hydrogen) atoms. The van der Waals surface area contributed by atoms with Crippen LogP contribution < -0.4 is 16.6 Å². The predicted molar refractivity (Wildman–Crippen MR) is 63.9 cm³/mol. The fourth-order valence-corrected chi connectivity index (χ4v) is 1.51. The van der Waals surface area contributed by atoms with Gasteiger partial charge >= 0.3 is 5.69 Å². The summed E-state index contributed by atoms with van der Waals surface area (Å²) in [6.07, 6.45) is 2.43. The number of hydrogen-bond acceptors (Lipinski definition) is 3. The normalized spacial score (nSPS) is 10.2. The lowest BCUT2D eigenvalue weighted by Gasteiger charge is -2.08. The maximum absolute atomic E-state index is 11.9. The summed E-state index contributed by atoms with van der Waals surface area (Å²) in [7, 11) is 1.52. The van der Waals surface area contributed by atoms with Crippen LogP contribution in [0.1, 0.15) is 19.8 Å². The van der Waals surface area contributed by atoms with Crippen molar-refractivity contribution in [2.24, 2.45) is 0 Å². The topological polar surface area (TPSA) is 73.1 Å². The number of hydrogen-bond donors (Lipinski definition) is 1. The highest BCUT2D eigenvalue weighted by Crippen LogP contribution is 1.86. The first-order valence-electron chi connectivity index (χ1n) is 5.61. The van der Waals surface area contributed by atoms with Gasteiger partial charge in [0.1, 0.15) is 0 Å². The quantitative estimate of drug-likeness (QED) is 0.756. The molecule has 1 aromatic rings. The van der Waals surface area contributed by atoms with Gasteiger partial charge in [0.25, 0.3) is 5.56 Å². The minimum Gasteiger partial charge on any atom is -0.359 e. The number of amides is 1. The lowest BCUT2D eigenvalue weighted by molar-refractivity contribution is -0.120. The van der Waals surface area contributed by atoms with Gasteiger partial charge in [-0.15, -0.1) is 0 Å². The third kappa shape index (κ3) is 3.30. The third-order valence-electron chi connectivity index (χ3n) is 2.45. The van der Waals surface area contributed by atoms with Crippen LogP contribution in [0.5, 0.6) is 0 Å². The molecule has 0 fully saturated rings. The summed E-state index contributed by atoms with van der Waals surface area (Å²) in [6, 6.07) is 1.35. The van der Waals surface area contributed by atoms with E-state index in [-0.39, 0.29) is 30.1 Å². The Morgan fingerprint density at radius 1 is 1.35 bits per heavy atom. The van der Waals surface area contributed by atoms with Crippen LogP contribution in [0.3, 0.4) is 0 Å². The van der Waals surface area contributed by atoms with Crippen molar-refractivity contribution in [2.75, 3.05) is 7.05 Å². The second kappa shape index (κ2) is 6.03. The number of nitrogens with zero attached hydrogens (tertiary/aromatic N) is 2. The van der Waals surface area contributed by atoms with E-state index in [1.165, 1.54) is 23.9 Å². The van der Waals surface area contributed by atoms with E-state index in [4.69, 9.17) is 0 Å². The largest absolute Gasteiger partial charge is 0.359 e. The number of rotatable bonds is 5. The molecule has 0 aliphatic rings. The van der Waals surface area contributed by atoms with E-state index >= 15 is 0 Å². The second-order valence-corrected chi connectivity index (χ2v) is 3.70. The van der Waals surface area contributed by atoms with Gasteiger partial charge in [-0.2, -0.15) is 0 Å². The highest BCUT2D eigenvalue weighted by molar-refractivity contribution is 5.75. The molecule has 6 nitrogen and oxygen atoms in total. The number of nitrogens with one attached hydrogen (secondary N) is 1. The third-order valence-corrected chi connectivity index (χ3v) is 2.45. The van der Waals surface area contributed by atoms with Gasteiger partial charge in [-0.3, -0.25) is 14.2 Å². The van der Waals surface area contributed by atoms with Crippen LogP contribution in [0.25, 0.3) is 0 Å². The van der Waals surface area contributed by atoms with E-state index < -0.39 is 0 Å². The van der Waals surface area contributed by atoms with E-state index in [0.717, 1.165) is 11.0 Å². The van der Waals surface area contributed by atoms with Gasteiger partial charge < -0.3 is 9.88 Å². The molecule has 0 spiro atoms. The minimum atomic E-state index is -0.369. The molecular formula is C11H17N3O3. The Bertz CT molecular complexity index is 501. The Kier molecular flexibility index (Phi) is 4.68. The van der Waals surface area contributed by atoms with Crippen LogP contribution in [-0.4, -0.2) is 22.1 Å². The number of aryl methyl sites for hydroxylation is 1. The van der Waals surface area contributed by atoms with E-state index in [2.05, 4.69) is 5.32 Å². The molecule has 1 N–H and O–H groups in total. The van der Waals surface area contributed by atoms with E-state index in [1.807, 2.05) is 6.92 Å². The zero-order valence-corrected chi connectivity index (χ0v) is 10.1. The molecule has 0 saturated heterocycles. The summed E-state index contributed by atoms with van der Waals surface area (Å²) in [5, 5.41) is 2.45. The molecular weight excluding hydrogens is 222 g/mol. The van der Waals surface area contributed by atoms with Crippen LogP contribution in [-0.2, 0) is 17.9 Å². The average Bonchev–Trinajstić information content (AvgIpc) is 2.32. The van der Waals surface area contributed by atoms with Crippen molar-refractivity contribution in [3.8, 4) is 0 Å². The minimum absolute atomic E-state index is 0.113. The van der Waals surface area contributed by atoms with Gasteiger partial charge in [0.2, 0.25) is 5.91 Å². The smallest absolute Gasteiger partial charge is 0.330 e. The summed E-state index contributed by atoms with van der Waals surface area (Å²) in [6.45, 7) is 2.63. The Balaban J connectivity index is 2.98. The van der Waals surface area contributed by atoms with Gasteiger partial charge in [0, 0.05) is 38.8 Å². The van der Waals surface area contributed by atoms with Crippen molar-refractivity contribution in [2.45, 2.75) is 32.9 Å². The van der Waals surface area contributed by atoms with Gasteiger partial charge in [-0.1, -0.05) is 6.92 Å². The molecule has 0 bridgehead atoms.